The fraction of sp³-hybridized carbons (Fsp3) is 0.708. The van der Waals surface area contributed by atoms with Crippen molar-refractivity contribution in [3.8, 4) is 0 Å². The quantitative estimate of drug-likeness (QED) is 0.625. The molecule has 0 unspecified atom stereocenters. The van der Waals surface area contributed by atoms with E-state index in [0.717, 1.165) is 50.0 Å². The molecular formula is C24H34F3NO2. The van der Waals surface area contributed by atoms with Gasteiger partial charge in [0.25, 0.3) is 0 Å². The first-order chi connectivity index (χ1) is 13.8. The lowest BCUT2D eigenvalue weighted by atomic mass is 9.68. The van der Waals surface area contributed by atoms with Crippen LogP contribution in [0, 0.1) is 16.7 Å². The molecule has 0 amide bonds. The van der Waals surface area contributed by atoms with Crippen LogP contribution in [0.5, 0.6) is 0 Å². The standard InChI is InChI=1S/C24H34F3NO2/c1-22(2)13-23(3,4)15-28(14-22)20-10-5-16(12-21(29)30)11-19(20)17-6-8-18(9-7-17)24(25,26)27/h6-9,16,19-20H,5,10-15H2,1-4H3,(H,29,30)/t16-,19+,20-/m1/s1. The van der Waals surface area contributed by atoms with Gasteiger partial charge in [-0.15, -0.1) is 0 Å². The lowest BCUT2D eigenvalue weighted by molar-refractivity contribution is -0.139. The average Bonchev–Trinajstić information content (AvgIpc) is 2.58. The summed E-state index contributed by atoms with van der Waals surface area (Å²) in [5.41, 5.74) is 0.597. The molecule has 1 aliphatic heterocycles. The van der Waals surface area contributed by atoms with Crippen LogP contribution in [0.2, 0.25) is 0 Å². The Morgan fingerprint density at radius 1 is 1.07 bits per heavy atom. The van der Waals surface area contributed by atoms with Gasteiger partial charge in [-0.3, -0.25) is 9.69 Å². The zero-order valence-corrected chi connectivity index (χ0v) is 18.4. The van der Waals surface area contributed by atoms with Crippen LogP contribution in [-0.4, -0.2) is 35.1 Å². The van der Waals surface area contributed by atoms with Gasteiger partial charge in [-0.2, -0.15) is 13.2 Å². The number of rotatable bonds is 4. The second-order valence-electron chi connectivity index (χ2n) is 11.0. The molecule has 2 fully saturated rings. The van der Waals surface area contributed by atoms with Gasteiger partial charge in [-0.1, -0.05) is 39.8 Å². The summed E-state index contributed by atoms with van der Waals surface area (Å²) in [7, 11) is 0. The van der Waals surface area contributed by atoms with Crippen LogP contribution in [0.4, 0.5) is 13.2 Å². The largest absolute Gasteiger partial charge is 0.481 e. The molecule has 30 heavy (non-hydrogen) atoms. The summed E-state index contributed by atoms with van der Waals surface area (Å²) in [5, 5.41) is 9.26. The van der Waals surface area contributed by atoms with Gasteiger partial charge in [0.2, 0.25) is 0 Å². The number of nitrogens with zero attached hydrogens (tertiary/aromatic N) is 1. The number of carboxylic acid groups (broad SMARTS) is 1. The first-order valence-electron chi connectivity index (χ1n) is 10.9. The van der Waals surface area contributed by atoms with E-state index in [9.17, 15) is 23.1 Å². The van der Waals surface area contributed by atoms with E-state index in [1.807, 2.05) is 0 Å². The van der Waals surface area contributed by atoms with Crippen molar-refractivity contribution >= 4 is 5.97 Å². The molecule has 1 N–H and O–H groups in total. The number of halogens is 3. The maximum absolute atomic E-state index is 13.0. The lowest BCUT2D eigenvalue weighted by Gasteiger charge is -2.53. The normalized spacial score (nSPS) is 29.5. The molecule has 1 aromatic rings. The van der Waals surface area contributed by atoms with Gasteiger partial charge in [0.05, 0.1) is 5.56 Å². The van der Waals surface area contributed by atoms with Crippen molar-refractivity contribution in [1.82, 2.24) is 4.90 Å². The number of carbonyl (C=O) groups is 1. The van der Waals surface area contributed by atoms with Gasteiger partial charge in [0, 0.05) is 25.6 Å². The fourth-order valence-corrected chi connectivity index (χ4v) is 6.19. The van der Waals surface area contributed by atoms with Gasteiger partial charge >= 0.3 is 12.1 Å². The van der Waals surface area contributed by atoms with Crippen LogP contribution >= 0.6 is 0 Å². The van der Waals surface area contributed by atoms with Crippen LogP contribution in [0.1, 0.15) is 76.8 Å². The van der Waals surface area contributed by atoms with E-state index in [0.29, 0.717) is 6.42 Å². The highest BCUT2D eigenvalue weighted by Gasteiger charge is 2.44. The molecule has 3 rings (SSSR count). The van der Waals surface area contributed by atoms with Gasteiger partial charge in [0.1, 0.15) is 0 Å². The molecule has 1 saturated carbocycles. The van der Waals surface area contributed by atoms with Crippen molar-refractivity contribution in [2.45, 2.75) is 77.9 Å². The van der Waals surface area contributed by atoms with Gasteiger partial charge in [-0.25, -0.2) is 0 Å². The number of benzene rings is 1. The minimum atomic E-state index is -4.35. The summed E-state index contributed by atoms with van der Waals surface area (Å²) in [5.74, 6) is -0.684. The van der Waals surface area contributed by atoms with E-state index >= 15 is 0 Å². The number of alkyl halides is 3. The highest BCUT2D eigenvalue weighted by atomic mass is 19.4. The molecule has 0 spiro atoms. The molecular weight excluding hydrogens is 391 g/mol. The molecule has 1 heterocycles. The number of piperidine rings is 1. The predicted octanol–water partition coefficient (Wildman–Crippen LogP) is 6.19. The molecule has 1 saturated heterocycles. The summed E-state index contributed by atoms with van der Waals surface area (Å²) in [6, 6.07) is 5.76. The van der Waals surface area contributed by atoms with Gasteiger partial charge in [0.15, 0.2) is 0 Å². The molecule has 1 aromatic carbocycles. The monoisotopic (exact) mass is 425 g/mol. The van der Waals surface area contributed by atoms with E-state index in [1.165, 1.54) is 0 Å². The average molecular weight is 426 g/mol. The van der Waals surface area contributed by atoms with E-state index < -0.39 is 17.7 Å². The number of hydrogen-bond acceptors (Lipinski definition) is 2. The van der Waals surface area contributed by atoms with Crippen molar-refractivity contribution in [3.05, 3.63) is 35.4 Å². The third kappa shape index (κ3) is 5.57. The summed E-state index contributed by atoms with van der Waals surface area (Å²) in [6.07, 6.45) is -0.644. The maximum atomic E-state index is 13.0. The van der Waals surface area contributed by atoms with Crippen molar-refractivity contribution in [3.63, 3.8) is 0 Å². The first-order valence-corrected chi connectivity index (χ1v) is 10.9. The van der Waals surface area contributed by atoms with E-state index in [2.05, 4.69) is 32.6 Å². The minimum absolute atomic E-state index is 0.0510. The number of hydrogen-bond donors (Lipinski definition) is 1. The van der Waals surface area contributed by atoms with Crippen molar-refractivity contribution in [1.29, 1.82) is 0 Å². The van der Waals surface area contributed by atoms with Crippen LogP contribution in [-0.2, 0) is 11.0 Å². The van der Waals surface area contributed by atoms with Crippen molar-refractivity contribution < 1.29 is 23.1 Å². The summed E-state index contributed by atoms with van der Waals surface area (Å²) >= 11 is 0. The first kappa shape index (κ1) is 23.1. The molecule has 0 bridgehead atoms. The number of likely N-dealkylation sites (tertiary alicyclic amines) is 1. The minimum Gasteiger partial charge on any atom is -0.481 e. The topological polar surface area (TPSA) is 40.5 Å². The Balaban J connectivity index is 1.90. The van der Waals surface area contributed by atoms with Crippen molar-refractivity contribution in [2.24, 2.45) is 16.7 Å². The second-order valence-corrected chi connectivity index (χ2v) is 11.0. The lowest BCUT2D eigenvalue weighted by Crippen LogP contribution is -2.55. The maximum Gasteiger partial charge on any atom is 0.416 e. The summed E-state index contributed by atoms with van der Waals surface area (Å²) in [6.45, 7) is 11.0. The Morgan fingerprint density at radius 2 is 1.63 bits per heavy atom. The van der Waals surface area contributed by atoms with Gasteiger partial charge < -0.3 is 5.11 Å². The van der Waals surface area contributed by atoms with Crippen molar-refractivity contribution in [2.75, 3.05) is 13.1 Å². The fourth-order valence-electron chi connectivity index (χ4n) is 6.19. The number of carboxylic acids is 1. The Kier molecular flexibility index (Phi) is 6.30. The Labute approximate surface area is 177 Å². The van der Waals surface area contributed by atoms with E-state index in [4.69, 9.17) is 0 Å². The Hall–Kier alpha value is -1.56. The Bertz CT molecular complexity index is 739. The third-order valence-electron chi connectivity index (χ3n) is 6.74. The van der Waals surface area contributed by atoms with Gasteiger partial charge in [-0.05, 0) is 66.0 Å². The van der Waals surface area contributed by atoms with Crippen LogP contribution in [0.25, 0.3) is 0 Å². The van der Waals surface area contributed by atoms with E-state index in [-0.39, 0.29) is 35.1 Å². The van der Waals surface area contributed by atoms with Crippen LogP contribution < -0.4 is 0 Å². The summed E-state index contributed by atoms with van der Waals surface area (Å²) in [4.78, 5) is 13.8. The zero-order valence-electron chi connectivity index (χ0n) is 18.4. The Morgan fingerprint density at radius 3 is 2.13 bits per heavy atom. The second kappa shape index (κ2) is 8.18. The molecule has 3 nitrogen and oxygen atoms in total. The molecule has 3 atom stereocenters. The summed E-state index contributed by atoms with van der Waals surface area (Å²) < 4.78 is 39.1. The van der Waals surface area contributed by atoms with E-state index in [1.54, 1.807) is 12.1 Å². The molecule has 2 aliphatic rings. The molecule has 0 radical (unpaired) electrons. The third-order valence-corrected chi connectivity index (χ3v) is 6.74. The highest BCUT2D eigenvalue weighted by Crippen LogP contribution is 2.46. The highest BCUT2D eigenvalue weighted by molar-refractivity contribution is 5.67. The molecule has 1 aliphatic carbocycles. The molecule has 6 heteroatoms. The zero-order chi connectivity index (χ0) is 22.3. The molecule has 168 valence electrons. The SMILES string of the molecule is CC1(C)CN([C@@H]2CC[C@@H](CC(=O)O)C[C@H]2c2ccc(C(F)(F)F)cc2)CC(C)(C)C1. The van der Waals surface area contributed by atoms with Crippen LogP contribution in [0.3, 0.4) is 0 Å². The number of aliphatic carboxylic acids is 1. The molecule has 0 aromatic heterocycles. The predicted molar refractivity (Wildman–Crippen MR) is 111 cm³/mol. The van der Waals surface area contributed by atoms with Crippen LogP contribution in [0.15, 0.2) is 24.3 Å². The smallest absolute Gasteiger partial charge is 0.416 e.